The van der Waals surface area contributed by atoms with Gasteiger partial charge in [0.25, 0.3) is 5.56 Å². The lowest BCUT2D eigenvalue weighted by atomic mass is 10.0. The summed E-state index contributed by atoms with van der Waals surface area (Å²) >= 11 is 0. The van der Waals surface area contributed by atoms with Gasteiger partial charge in [-0.25, -0.2) is 4.99 Å². The number of fused-ring (bicyclic) bond motifs is 1. The van der Waals surface area contributed by atoms with E-state index < -0.39 is 0 Å². The van der Waals surface area contributed by atoms with Crippen molar-refractivity contribution in [1.82, 2.24) is 19.9 Å². The zero-order valence-electron chi connectivity index (χ0n) is 22.3. The Bertz CT molecular complexity index is 1770. The van der Waals surface area contributed by atoms with Gasteiger partial charge in [-0.3, -0.25) is 9.79 Å². The van der Waals surface area contributed by atoms with E-state index in [0.717, 1.165) is 16.7 Å². The van der Waals surface area contributed by atoms with E-state index >= 15 is 0 Å². The Balaban J connectivity index is 1.83. The molecule has 40 heavy (non-hydrogen) atoms. The van der Waals surface area contributed by atoms with Gasteiger partial charge in [-0.2, -0.15) is 14.6 Å². The molecule has 0 saturated carbocycles. The molecule has 3 aromatic carbocycles. The lowest BCUT2D eigenvalue weighted by Gasteiger charge is -2.13. The Labute approximate surface area is 230 Å². The Kier molecular flexibility index (Phi) is 7.49. The first-order chi connectivity index (χ1) is 19.6. The fraction of sp³-hybridized carbons (Fsp3) is 0.100. The average molecular weight is 533 g/mol. The van der Waals surface area contributed by atoms with E-state index in [0.29, 0.717) is 34.0 Å². The standard InChI is InChI=1S/C30H28N8O2/c1-31-29(32-2)36-30(33-3)35-26-24(20-15-17-22(40-4)18-16-20)28(39)38-27(34-26)23(19-11-7-5-8-12-19)25(37-38)21-13-9-6-10-14-21/h5-18,34H,1H2,2-4H3,(H2,32,33,35,36). The molecule has 10 heteroatoms. The largest absolute Gasteiger partial charge is 0.497 e. The molecule has 0 atom stereocenters. The van der Waals surface area contributed by atoms with Crippen LogP contribution < -0.4 is 20.9 Å². The summed E-state index contributed by atoms with van der Waals surface area (Å²) in [5.74, 6) is 1.55. The van der Waals surface area contributed by atoms with Gasteiger partial charge in [-0.05, 0) is 30.0 Å². The van der Waals surface area contributed by atoms with Crippen LogP contribution in [0.4, 0.5) is 5.82 Å². The van der Waals surface area contributed by atoms with Crippen LogP contribution in [0.2, 0.25) is 0 Å². The van der Waals surface area contributed by atoms with Crippen molar-refractivity contribution in [2.24, 2.45) is 15.0 Å². The fourth-order valence-electron chi connectivity index (χ4n) is 4.39. The molecule has 3 N–H and O–H groups in total. The third-order valence-electron chi connectivity index (χ3n) is 6.31. The number of aliphatic imine (C=N–C) groups is 3. The predicted molar refractivity (Wildman–Crippen MR) is 162 cm³/mol. The molecule has 0 saturated heterocycles. The monoisotopic (exact) mass is 532 g/mol. The van der Waals surface area contributed by atoms with Gasteiger partial charge < -0.3 is 20.4 Å². The highest BCUT2D eigenvalue weighted by molar-refractivity contribution is 6.04. The number of rotatable bonds is 5. The third kappa shape index (κ3) is 4.97. The molecular weight excluding hydrogens is 504 g/mol. The van der Waals surface area contributed by atoms with E-state index in [4.69, 9.17) is 9.84 Å². The van der Waals surface area contributed by atoms with Crippen LogP contribution >= 0.6 is 0 Å². The summed E-state index contributed by atoms with van der Waals surface area (Å²) in [5, 5.41) is 10.9. The van der Waals surface area contributed by atoms with Crippen molar-refractivity contribution >= 4 is 30.1 Å². The van der Waals surface area contributed by atoms with Gasteiger partial charge in [0, 0.05) is 19.7 Å². The average Bonchev–Trinajstić information content (AvgIpc) is 3.40. The van der Waals surface area contributed by atoms with Gasteiger partial charge in [0.1, 0.15) is 22.9 Å². The number of nitrogens with one attached hydrogen (secondary N) is 3. The smallest absolute Gasteiger partial charge is 0.284 e. The molecule has 2 aromatic heterocycles. The minimum absolute atomic E-state index is 0.218. The molecule has 0 aliphatic rings. The van der Waals surface area contributed by atoms with Crippen LogP contribution in [-0.2, 0) is 0 Å². The number of hydrogen-bond donors (Lipinski definition) is 3. The number of anilines is 1. The van der Waals surface area contributed by atoms with Crippen molar-refractivity contribution in [3.63, 3.8) is 0 Å². The molecule has 200 valence electrons. The summed E-state index contributed by atoms with van der Waals surface area (Å²) < 4.78 is 6.73. The van der Waals surface area contributed by atoms with Crippen LogP contribution in [-0.4, -0.2) is 54.4 Å². The lowest BCUT2D eigenvalue weighted by molar-refractivity contribution is 0.415. The number of aromatic amines is 1. The Morgan fingerprint density at radius 3 is 2.10 bits per heavy atom. The second kappa shape index (κ2) is 11.5. The molecule has 0 aliphatic heterocycles. The molecule has 0 spiro atoms. The normalized spacial score (nSPS) is 11.9. The number of benzene rings is 3. The summed E-state index contributed by atoms with van der Waals surface area (Å²) in [7, 11) is 4.87. The third-order valence-corrected chi connectivity index (χ3v) is 6.31. The number of H-pyrrole nitrogens is 1. The number of aromatic nitrogens is 3. The van der Waals surface area contributed by atoms with Crippen LogP contribution in [0.3, 0.4) is 0 Å². The number of nitrogens with zero attached hydrogens (tertiary/aromatic N) is 5. The highest BCUT2D eigenvalue weighted by Gasteiger charge is 2.23. The van der Waals surface area contributed by atoms with E-state index in [9.17, 15) is 4.79 Å². The Hall–Kier alpha value is -5.51. The lowest BCUT2D eigenvalue weighted by Crippen LogP contribution is -2.24. The summed E-state index contributed by atoms with van der Waals surface area (Å²) in [6.07, 6.45) is 0. The predicted octanol–water partition coefficient (Wildman–Crippen LogP) is 4.71. The van der Waals surface area contributed by atoms with E-state index in [1.807, 2.05) is 72.8 Å². The SMILES string of the molecule is C=N/C(=N\C(=N/C)Nc1[nH]c2c(-c3ccccc3)c(-c3ccccc3)nn2c(=O)c1-c1ccc(OC)cc1)NC. The van der Waals surface area contributed by atoms with Crippen molar-refractivity contribution < 1.29 is 4.74 Å². The second-order valence-electron chi connectivity index (χ2n) is 8.64. The molecule has 0 aliphatic carbocycles. The molecule has 2 heterocycles. The quantitative estimate of drug-likeness (QED) is 0.224. The number of methoxy groups -OCH3 is 1. The van der Waals surface area contributed by atoms with Gasteiger partial charge in [-0.15, -0.1) is 0 Å². The molecule has 0 radical (unpaired) electrons. The first kappa shape index (κ1) is 26.1. The first-order valence-electron chi connectivity index (χ1n) is 12.5. The van der Waals surface area contributed by atoms with E-state index in [1.165, 1.54) is 4.52 Å². The van der Waals surface area contributed by atoms with Crippen molar-refractivity contribution in [3.05, 3.63) is 95.3 Å². The summed E-state index contributed by atoms with van der Waals surface area (Å²) in [5.41, 5.74) is 4.45. The number of guanidine groups is 2. The van der Waals surface area contributed by atoms with E-state index in [-0.39, 0.29) is 17.5 Å². The van der Waals surface area contributed by atoms with Crippen LogP contribution in [0.5, 0.6) is 5.75 Å². The Morgan fingerprint density at radius 1 is 0.900 bits per heavy atom. The molecule has 0 bridgehead atoms. The molecule has 0 fully saturated rings. The number of hydrogen-bond acceptors (Lipinski definition) is 4. The summed E-state index contributed by atoms with van der Waals surface area (Å²) in [6, 6.07) is 26.8. The molecule has 0 unspecified atom stereocenters. The highest BCUT2D eigenvalue weighted by Crippen LogP contribution is 2.35. The van der Waals surface area contributed by atoms with Crippen molar-refractivity contribution in [2.45, 2.75) is 0 Å². The molecular formula is C30H28N8O2. The minimum Gasteiger partial charge on any atom is -0.497 e. The van der Waals surface area contributed by atoms with Gasteiger partial charge in [0.2, 0.25) is 11.9 Å². The topological polar surface area (TPSA) is 121 Å². The second-order valence-corrected chi connectivity index (χ2v) is 8.64. The van der Waals surface area contributed by atoms with Crippen molar-refractivity contribution in [2.75, 3.05) is 26.5 Å². The van der Waals surface area contributed by atoms with Crippen LogP contribution in [0, 0.1) is 0 Å². The fourth-order valence-corrected chi connectivity index (χ4v) is 4.39. The number of ether oxygens (including phenoxy) is 1. The van der Waals surface area contributed by atoms with Gasteiger partial charge >= 0.3 is 0 Å². The van der Waals surface area contributed by atoms with Gasteiger partial charge in [0.05, 0.1) is 18.2 Å². The minimum atomic E-state index is -0.323. The zero-order chi connectivity index (χ0) is 28.1. The summed E-state index contributed by atoms with van der Waals surface area (Å²) in [6.45, 7) is 3.53. The molecule has 5 rings (SSSR count). The first-order valence-corrected chi connectivity index (χ1v) is 12.5. The van der Waals surface area contributed by atoms with Crippen molar-refractivity contribution in [1.29, 1.82) is 0 Å². The maximum Gasteiger partial charge on any atom is 0.284 e. The van der Waals surface area contributed by atoms with Crippen LogP contribution in [0.15, 0.2) is 105 Å². The molecule has 0 amide bonds. The molecule has 5 aromatic rings. The summed E-state index contributed by atoms with van der Waals surface area (Å²) in [4.78, 5) is 30.2. The Morgan fingerprint density at radius 2 is 1.52 bits per heavy atom. The maximum atomic E-state index is 14.2. The van der Waals surface area contributed by atoms with Crippen molar-refractivity contribution in [3.8, 4) is 39.3 Å². The van der Waals surface area contributed by atoms with Gasteiger partial charge in [0.15, 0.2) is 0 Å². The van der Waals surface area contributed by atoms with E-state index in [1.54, 1.807) is 33.3 Å². The molecule has 10 nitrogen and oxygen atoms in total. The van der Waals surface area contributed by atoms with Crippen LogP contribution in [0.1, 0.15) is 0 Å². The van der Waals surface area contributed by atoms with E-state index in [2.05, 4.69) is 37.3 Å². The van der Waals surface area contributed by atoms with Gasteiger partial charge in [-0.1, -0.05) is 72.8 Å². The zero-order valence-corrected chi connectivity index (χ0v) is 22.3. The van der Waals surface area contributed by atoms with Crippen LogP contribution in [0.25, 0.3) is 39.2 Å². The highest BCUT2D eigenvalue weighted by atomic mass is 16.5. The maximum absolute atomic E-state index is 14.2.